The normalized spacial score (nSPS) is 23.8. The highest BCUT2D eigenvalue weighted by Gasteiger charge is 2.24. The highest BCUT2D eigenvalue weighted by atomic mass is 19.2. The predicted molar refractivity (Wildman–Crippen MR) is 74.7 cm³/mol. The molecule has 1 aromatic rings. The lowest BCUT2D eigenvalue weighted by atomic mass is 9.94. The number of halogens is 2. The van der Waals surface area contributed by atoms with E-state index in [9.17, 15) is 13.6 Å². The third-order valence-corrected chi connectivity index (χ3v) is 4.12. The van der Waals surface area contributed by atoms with E-state index in [0.717, 1.165) is 19.0 Å². The molecule has 0 aliphatic carbocycles. The van der Waals surface area contributed by atoms with Crippen molar-refractivity contribution in [2.24, 2.45) is 5.92 Å². The van der Waals surface area contributed by atoms with Crippen LogP contribution in [0.15, 0.2) is 18.2 Å². The molecule has 2 nitrogen and oxygen atoms in total. The van der Waals surface area contributed by atoms with Gasteiger partial charge in [0.05, 0.1) is 5.56 Å². The summed E-state index contributed by atoms with van der Waals surface area (Å²) in [5.74, 6) is -1.69. The molecule has 0 radical (unpaired) electrons. The van der Waals surface area contributed by atoms with Crippen LogP contribution in [0.4, 0.5) is 8.78 Å². The fraction of sp³-hybridized carbons (Fsp3) is 0.562. The molecule has 110 valence electrons. The first-order valence-corrected chi connectivity index (χ1v) is 7.20. The second-order valence-corrected chi connectivity index (χ2v) is 5.80. The third kappa shape index (κ3) is 3.42. The summed E-state index contributed by atoms with van der Waals surface area (Å²) in [6.45, 7) is 5.94. The molecule has 20 heavy (non-hydrogen) atoms. The Morgan fingerprint density at radius 1 is 1.30 bits per heavy atom. The fourth-order valence-electron chi connectivity index (χ4n) is 2.79. The summed E-state index contributed by atoms with van der Waals surface area (Å²) in [6.07, 6.45) is 2.57. The molecule has 1 aromatic carbocycles. The first-order valence-electron chi connectivity index (χ1n) is 7.20. The van der Waals surface area contributed by atoms with E-state index in [-0.39, 0.29) is 17.8 Å². The van der Waals surface area contributed by atoms with Crippen molar-refractivity contribution >= 4 is 5.78 Å². The minimum atomic E-state index is -1.03. The van der Waals surface area contributed by atoms with Gasteiger partial charge >= 0.3 is 0 Å². The summed E-state index contributed by atoms with van der Waals surface area (Å²) in [4.78, 5) is 14.3. The Bertz CT molecular complexity index is 489. The Labute approximate surface area is 118 Å². The van der Waals surface area contributed by atoms with Gasteiger partial charge in [-0.1, -0.05) is 13.0 Å². The van der Waals surface area contributed by atoms with E-state index in [1.807, 2.05) is 0 Å². The zero-order valence-electron chi connectivity index (χ0n) is 12.0. The standard InChI is InChI=1S/C16H21F2NO/c1-11-6-7-12(2)19(10-11)9-8-15(20)13-4-3-5-14(17)16(13)18/h3-5,11-12H,6-10H2,1-2H3. The zero-order valence-corrected chi connectivity index (χ0v) is 12.0. The van der Waals surface area contributed by atoms with E-state index in [1.54, 1.807) is 0 Å². The maximum Gasteiger partial charge on any atom is 0.169 e. The van der Waals surface area contributed by atoms with Gasteiger partial charge in [0, 0.05) is 25.6 Å². The van der Waals surface area contributed by atoms with Gasteiger partial charge in [0.25, 0.3) is 0 Å². The van der Waals surface area contributed by atoms with Crippen LogP contribution in [0.3, 0.4) is 0 Å². The van der Waals surface area contributed by atoms with Crippen molar-refractivity contribution in [2.75, 3.05) is 13.1 Å². The van der Waals surface area contributed by atoms with E-state index < -0.39 is 11.6 Å². The Morgan fingerprint density at radius 3 is 2.80 bits per heavy atom. The fourth-order valence-corrected chi connectivity index (χ4v) is 2.79. The predicted octanol–water partition coefficient (Wildman–Crippen LogP) is 3.66. The molecule has 2 unspecified atom stereocenters. The number of nitrogens with zero attached hydrogens (tertiary/aromatic N) is 1. The number of hydrogen-bond donors (Lipinski definition) is 0. The highest BCUT2D eigenvalue weighted by molar-refractivity contribution is 5.96. The third-order valence-electron chi connectivity index (χ3n) is 4.12. The van der Waals surface area contributed by atoms with E-state index in [0.29, 0.717) is 18.5 Å². The van der Waals surface area contributed by atoms with Crippen molar-refractivity contribution < 1.29 is 13.6 Å². The van der Waals surface area contributed by atoms with Crippen LogP contribution in [0, 0.1) is 17.6 Å². The van der Waals surface area contributed by atoms with Crippen molar-refractivity contribution in [3.8, 4) is 0 Å². The molecule has 0 spiro atoms. The Balaban J connectivity index is 1.96. The van der Waals surface area contributed by atoms with Gasteiger partial charge < -0.3 is 0 Å². The summed E-state index contributed by atoms with van der Waals surface area (Å²) >= 11 is 0. The number of ketones is 1. The number of carbonyl (C=O) groups excluding carboxylic acids is 1. The van der Waals surface area contributed by atoms with Gasteiger partial charge in [-0.05, 0) is 37.8 Å². The van der Waals surface area contributed by atoms with Gasteiger partial charge in [-0.25, -0.2) is 8.78 Å². The van der Waals surface area contributed by atoms with E-state index in [4.69, 9.17) is 0 Å². The van der Waals surface area contributed by atoms with Crippen molar-refractivity contribution in [3.05, 3.63) is 35.4 Å². The molecule has 1 heterocycles. The molecular weight excluding hydrogens is 260 g/mol. The lowest BCUT2D eigenvalue weighted by Gasteiger charge is -2.36. The van der Waals surface area contributed by atoms with Crippen LogP contribution in [0.25, 0.3) is 0 Å². The van der Waals surface area contributed by atoms with Crippen LogP contribution in [0.5, 0.6) is 0 Å². The molecule has 2 rings (SSSR count). The number of piperidine rings is 1. The van der Waals surface area contributed by atoms with Crippen molar-refractivity contribution in [3.63, 3.8) is 0 Å². The van der Waals surface area contributed by atoms with Crippen molar-refractivity contribution in [1.29, 1.82) is 0 Å². The molecule has 1 aliphatic rings. The van der Waals surface area contributed by atoms with Crippen LogP contribution in [0.2, 0.25) is 0 Å². The van der Waals surface area contributed by atoms with Gasteiger partial charge in [0.1, 0.15) is 0 Å². The van der Waals surface area contributed by atoms with Crippen molar-refractivity contribution in [1.82, 2.24) is 4.90 Å². The average molecular weight is 281 g/mol. The maximum absolute atomic E-state index is 13.5. The molecule has 1 aliphatic heterocycles. The Hall–Kier alpha value is -1.29. The summed E-state index contributed by atoms with van der Waals surface area (Å²) in [5, 5.41) is 0. The van der Waals surface area contributed by atoms with Gasteiger partial charge in [0.15, 0.2) is 17.4 Å². The van der Waals surface area contributed by atoms with Gasteiger partial charge in [-0.2, -0.15) is 0 Å². The molecule has 4 heteroatoms. The molecule has 0 amide bonds. The molecule has 0 aromatic heterocycles. The quantitative estimate of drug-likeness (QED) is 0.785. The number of carbonyl (C=O) groups is 1. The van der Waals surface area contributed by atoms with E-state index in [2.05, 4.69) is 18.7 Å². The van der Waals surface area contributed by atoms with Gasteiger partial charge in [0.2, 0.25) is 0 Å². The van der Waals surface area contributed by atoms with Crippen molar-refractivity contribution in [2.45, 2.75) is 39.2 Å². The molecular formula is C16H21F2NO. The molecule has 0 bridgehead atoms. The first-order chi connectivity index (χ1) is 9.49. The second kappa shape index (κ2) is 6.44. The molecule has 1 fully saturated rings. The topological polar surface area (TPSA) is 20.3 Å². The van der Waals surface area contributed by atoms with Gasteiger partial charge in [-0.3, -0.25) is 9.69 Å². The monoisotopic (exact) mass is 281 g/mol. The van der Waals surface area contributed by atoms with Crippen LogP contribution in [-0.4, -0.2) is 29.8 Å². The van der Waals surface area contributed by atoms with Crippen LogP contribution >= 0.6 is 0 Å². The van der Waals surface area contributed by atoms with Crippen LogP contribution < -0.4 is 0 Å². The van der Waals surface area contributed by atoms with Gasteiger partial charge in [-0.15, -0.1) is 0 Å². The summed E-state index contributed by atoms with van der Waals surface area (Å²) in [6, 6.07) is 4.21. The lowest BCUT2D eigenvalue weighted by molar-refractivity contribution is 0.0895. The second-order valence-electron chi connectivity index (χ2n) is 5.80. The number of Topliss-reactive ketones (excluding diaryl/α,β-unsaturated/α-hetero) is 1. The number of likely N-dealkylation sites (tertiary alicyclic amines) is 1. The highest BCUT2D eigenvalue weighted by Crippen LogP contribution is 2.22. The van der Waals surface area contributed by atoms with Crippen LogP contribution in [0.1, 0.15) is 43.5 Å². The maximum atomic E-state index is 13.5. The molecule has 1 saturated heterocycles. The van der Waals surface area contributed by atoms with Crippen LogP contribution in [-0.2, 0) is 0 Å². The summed E-state index contributed by atoms with van der Waals surface area (Å²) in [7, 11) is 0. The number of rotatable bonds is 4. The molecule has 2 atom stereocenters. The SMILES string of the molecule is CC1CCC(C)N(CCC(=O)c2cccc(F)c2F)C1. The lowest BCUT2D eigenvalue weighted by Crippen LogP contribution is -2.42. The minimum absolute atomic E-state index is 0.136. The van der Waals surface area contributed by atoms with E-state index in [1.165, 1.54) is 18.6 Å². The molecule has 0 saturated carbocycles. The largest absolute Gasteiger partial charge is 0.300 e. The smallest absolute Gasteiger partial charge is 0.169 e. The zero-order chi connectivity index (χ0) is 14.7. The summed E-state index contributed by atoms with van der Waals surface area (Å²) in [5.41, 5.74) is -0.136. The Morgan fingerprint density at radius 2 is 2.05 bits per heavy atom. The molecule has 0 N–H and O–H groups in total. The number of hydrogen-bond acceptors (Lipinski definition) is 2. The number of benzene rings is 1. The summed E-state index contributed by atoms with van der Waals surface area (Å²) < 4.78 is 26.7. The average Bonchev–Trinajstić information content (AvgIpc) is 2.42. The Kier molecular flexibility index (Phi) is 4.86. The first kappa shape index (κ1) is 15.1. The van der Waals surface area contributed by atoms with E-state index >= 15 is 0 Å². The minimum Gasteiger partial charge on any atom is -0.300 e.